The molecule has 0 aromatic carbocycles. The zero-order valence-electron chi connectivity index (χ0n) is 15.9. The standard InChI is InChI=1S/C19H24N8O/c1-25-13-23-17-15(25)9-22-18(24-17)26-6-2-19(3-7-26)8-14(28)11-27(12-19)16-10-20-4-5-21-16/h4-5,9-10,13-14,28H,2-3,6-8,11-12H2,1H3. The Labute approximate surface area is 163 Å². The van der Waals surface area contributed by atoms with Gasteiger partial charge in [-0.15, -0.1) is 0 Å². The molecule has 1 atom stereocenters. The highest BCUT2D eigenvalue weighted by Crippen LogP contribution is 2.41. The first-order valence-electron chi connectivity index (χ1n) is 9.70. The Kier molecular flexibility index (Phi) is 4.12. The van der Waals surface area contributed by atoms with Crippen molar-refractivity contribution in [2.45, 2.75) is 25.4 Å². The Morgan fingerprint density at radius 3 is 2.71 bits per heavy atom. The van der Waals surface area contributed by atoms with E-state index >= 15 is 0 Å². The van der Waals surface area contributed by atoms with Gasteiger partial charge in [0.15, 0.2) is 5.65 Å². The van der Waals surface area contributed by atoms with Gasteiger partial charge in [-0.2, -0.15) is 4.98 Å². The number of rotatable bonds is 2. The SMILES string of the molecule is Cn1cnc2nc(N3CCC4(CC3)CC(O)CN(c3cnccn3)C4)ncc21. The average molecular weight is 380 g/mol. The van der Waals surface area contributed by atoms with Gasteiger partial charge in [-0.25, -0.2) is 15.0 Å². The summed E-state index contributed by atoms with van der Waals surface area (Å²) in [6, 6.07) is 0. The van der Waals surface area contributed by atoms with Crippen LogP contribution in [-0.4, -0.2) is 66.9 Å². The van der Waals surface area contributed by atoms with E-state index in [1.54, 1.807) is 24.9 Å². The highest BCUT2D eigenvalue weighted by atomic mass is 16.3. The molecule has 2 fully saturated rings. The van der Waals surface area contributed by atoms with E-state index in [0.29, 0.717) is 6.54 Å². The zero-order valence-corrected chi connectivity index (χ0v) is 15.9. The molecule has 146 valence electrons. The fraction of sp³-hybridized carbons (Fsp3) is 0.526. The topological polar surface area (TPSA) is 96.1 Å². The van der Waals surface area contributed by atoms with Gasteiger partial charge >= 0.3 is 0 Å². The molecule has 3 aromatic rings. The van der Waals surface area contributed by atoms with Crippen molar-refractivity contribution < 1.29 is 5.11 Å². The first-order chi connectivity index (χ1) is 13.6. The van der Waals surface area contributed by atoms with E-state index in [4.69, 9.17) is 0 Å². The number of hydrogen-bond donors (Lipinski definition) is 1. The number of anilines is 2. The molecule has 2 saturated heterocycles. The second-order valence-electron chi connectivity index (χ2n) is 8.02. The molecule has 0 amide bonds. The van der Waals surface area contributed by atoms with Crippen LogP contribution in [0.3, 0.4) is 0 Å². The van der Waals surface area contributed by atoms with E-state index in [0.717, 1.165) is 61.8 Å². The van der Waals surface area contributed by atoms with E-state index in [-0.39, 0.29) is 11.5 Å². The van der Waals surface area contributed by atoms with E-state index in [9.17, 15) is 5.11 Å². The Morgan fingerprint density at radius 1 is 1.07 bits per heavy atom. The summed E-state index contributed by atoms with van der Waals surface area (Å²) in [6.07, 6.45) is 11.2. The zero-order chi connectivity index (χ0) is 19.1. The minimum Gasteiger partial charge on any atom is -0.391 e. The van der Waals surface area contributed by atoms with Crippen molar-refractivity contribution in [3.8, 4) is 0 Å². The second-order valence-corrected chi connectivity index (χ2v) is 8.02. The number of nitrogens with zero attached hydrogens (tertiary/aromatic N) is 8. The first kappa shape index (κ1) is 17.3. The lowest BCUT2D eigenvalue weighted by Crippen LogP contribution is -2.54. The smallest absolute Gasteiger partial charge is 0.227 e. The monoisotopic (exact) mass is 380 g/mol. The Bertz CT molecular complexity index is 966. The summed E-state index contributed by atoms with van der Waals surface area (Å²) < 4.78 is 1.93. The molecule has 3 aromatic heterocycles. The lowest BCUT2D eigenvalue weighted by molar-refractivity contribution is 0.0593. The van der Waals surface area contributed by atoms with E-state index < -0.39 is 0 Å². The molecule has 5 heterocycles. The molecule has 1 spiro atoms. The van der Waals surface area contributed by atoms with Crippen molar-refractivity contribution in [2.75, 3.05) is 36.0 Å². The van der Waals surface area contributed by atoms with Crippen LogP contribution < -0.4 is 9.80 Å². The third-order valence-corrected chi connectivity index (χ3v) is 6.08. The number of aromatic nitrogens is 6. The number of aliphatic hydroxyl groups excluding tert-OH is 1. The number of aliphatic hydroxyl groups is 1. The number of β-amino-alcohol motifs (C(OH)–C–C–N with tert-alkyl or cyclic N) is 1. The van der Waals surface area contributed by atoms with Gasteiger partial charge in [0.05, 0.1) is 24.8 Å². The molecule has 0 saturated carbocycles. The minimum absolute atomic E-state index is 0.0841. The fourth-order valence-electron chi connectivity index (χ4n) is 4.58. The van der Waals surface area contributed by atoms with Crippen LogP contribution in [0.15, 0.2) is 31.1 Å². The molecule has 5 rings (SSSR count). The van der Waals surface area contributed by atoms with Crippen molar-refractivity contribution in [2.24, 2.45) is 12.5 Å². The van der Waals surface area contributed by atoms with Crippen LogP contribution in [0, 0.1) is 5.41 Å². The van der Waals surface area contributed by atoms with Gasteiger partial charge in [-0.05, 0) is 24.7 Å². The van der Waals surface area contributed by atoms with Crippen molar-refractivity contribution in [3.63, 3.8) is 0 Å². The van der Waals surface area contributed by atoms with Crippen LogP contribution in [0.25, 0.3) is 11.2 Å². The quantitative estimate of drug-likeness (QED) is 0.704. The number of piperidine rings is 2. The molecule has 2 aliphatic rings. The molecule has 0 radical (unpaired) electrons. The molecular formula is C19H24N8O. The maximum Gasteiger partial charge on any atom is 0.227 e. The van der Waals surface area contributed by atoms with Crippen LogP contribution >= 0.6 is 0 Å². The lowest BCUT2D eigenvalue weighted by Gasteiger charge is -2.49. The largest absolute Gasteiger partial charge is 0.391 e. The highest BCUT2D eigenvalue weighted by Gasteiger charge is 2.42. The van der Waals surface area contributed by atoms with Gasteiger partial charge in [0.2, 0.25) is 5.95 Å². The van der Waals surface area contributed by atoms with Crippen LogP contribution in [0.4, 0.5) is 11.8 Å². The number of imidazole rings is 1. The summed E-state index contributed by atoms with van der Waals surface area (Å²) in [6.45, 7) is 3.26. The van der Waals surface area contributed by atoms with Crippen LogP contribution in [0.1, 0.15) is 19.3 Å². The third kappa shape index (κ3) is 3.05. The molecule has 28 heavy (non-hydrogen) atoms. The molecule has 9 heteroatoms. The molecule has 9 nitrogen and oxygen atoms in total. The fourth-order valence-corrected chi connectivity index (χ4v) is 4.58. The van der Waals surface area contributed by atoms with Crippen molar-refractivity contribution >= 4 is 22.9 Å². The first-order valence-corrected chi connectivity index (χ1v) is 9.70. The molecule has 0 bridgehead atoms. The summed E-state index contributed by atoms with van der Waals surface area (Å²) in [5, 5.41) is 10.5. The average Bonchev–Trinajstić information content (AvgIpc) is 3.09. The summed E-state index contributed by atoms with van der Waals surface area (Å²) in [5.41, 5.74) is 1.75. The summed E-state index contributed by atoms with van der Waals surface area (Å²) in [4.78, 5) is 26.5. The molecule has 1 unspecified atom stereocenters. The van der Waals surface area contributed by atoms with Crippen LogP contribution in [-0.2, 0) is 7.05 Å². The van der Waals surface area contributed by atoms with Crippen molar-refractivity contribution in [1.29, 1.82) is 0 Å². The predicted octanol–water partition coefficient (Wildman–Crippen LogP) is 1.01. The van der Waals surface area contributed by atoms with Gasteiger partial charge < -0.3 is 19.5 Å². The van der Waals surface area contributed by atoms with E-state index in [1.807, 2.05) is 17.8 Å². The van der Waals surface area contributed by atoms with Gasteiger partial charge in [-0.1, -0.05) is 0 Å². The maximum atomic E-state index is 10.5. The van der Waals surface area contributed by atoms with Crippen molar-refractivity contribution in [3.05, 3.63) is 31.1 Å². The predicted molar refractivity (Wildman–Crippen MR) is 105 cm³/mol. The summed E-state index contributed by atoms with van der Waals surface area (Å²) >= 11 is 0. The Balaban J connectivity index is 1.32. The minimum atomic E-state index is -0.344. The molecule has 2 aliphatic heterocycles. The Hall–Kier alpha value is -2.81. The van der Waals surface area contributed by atoms with Crippen molar-refractivity contribution in [1.82, 2.24) is 29.5 Å². The number of hydrogen-bond acceptors (Lipinski definition) is 8. The van der Waals surface area contributed by atoms with E-state index in [2.05, 4.69) is 34.7 Å². The van der Waals surface area contributed by atoms with E-state index in [1.165, 1.54) is 0 Å². The number of fused-ring (bicyclic) bond motifs is 1. The van der Waals surface area contributed by atoms with Gasteiger partial charge in [0.25, 0.3) is 0 Å². The highest BCUT2D eigenvalue weighted by molar-refractivity contribution is 5.70. The lowest BCUT2D eigenvalue weighted by atomic mass is 9.71. The molecular weight excluding hydrogens is 356 g/mol. The van der Waals surface area contributed by atoms with Gasteiger partial charge in [0.1, 0.15) is 11.3 Å². The Morgan fingerprint density at radius 2 is 1.93 bits per heavy atom. The number of aryl methyl sites for hydroxylation is 1. The van der Waals surface area contributed by atoms with Crippen LogP contribution in [0.2, 0.25) is 0 Å². The normalized spacial score (nSPS) is 22.1. The van der Waals surface area contributed by atoms with Gasteiger partial charge in [-0.3, -0.25) is 4.98 Å². The molecule has 0 aliphatic carbocycles. The summed E-state index contributed by atoms with van der Waals surface area (Å²) in [5.74, 6) is 1.58. The molecule has 1 N–H and O–H groups in total. The van der Waals surface area contributed by atoms with Gasteiger partial charge in [0, 0.05) is 45.6 Å². The second kappa shape index (κ2) is 6.66. The third-order valence-electron chi connectivity index (χ3n) is 6.08. The summed E-state index contributed by atoms with van der Waals surface area (Å²) in [7, 11) is 1.94. The maximum absolute atomic E-state index is 10.5. The van der Waals surface area contributed by atoms with Crippen LogP contribution in [0.5, 0.6) is 0 Å².